The van der Waals surface area contributed by atoms with Gasteiger partial charge in [0.1, 0.15) is 0 Å². The zero-order valence-corrected chi connectivity index (χ0v) is 3.67. The summed E-state index contributed by atoms with van der Waals surface area (Å²) in [6, 6.07) is 0. The molecule has 48 valence electrons. The Morgan fingerprint density at radius 3 is 1.67 bits per heavy atom. The molecule has 0 saturated heterocycles. The van der Waals surface area contributed by atoms with Crippen LogP contribution in [0.2, 0.25) is 0 Å². The van der Waals surface area contributed by atoms with E-state index >= 15 is 0 Å². The van der Waals surface area contributed by atoms with Crippen molar-refractivity contribution in [3.05, 3.63) is 0 Å². The summed E-state index contributed by atoms with van der Waals surface area (Å²) in [5, 5.41) is 7.64. The molecule has 0 fully saturated rings. The summed E-state index contributed by atoms with van der Waals surface area (Å²) < 4.78 is 3.53. The molecule has 0 aromatic heterocycles. The van der Waals surface area contributed by atoms with Crippen molar-refractivity contribution in [1.29, 1.82) is 0 Å². The fourth-order valence-corrected chi connectivity index (χ4v) is 0.123. The summed E-state index contributed by atoms with van der Waals surface area (Å²) in [7, 11) is 0. The molecule has 0 heterocycles. The normalized spacial score (nSPS) is 5.89. The third kappa shape index (κ3) is 17.7. The molecule has 0 atom stereocenters. The number of ether oxygens (including phenoxy) is 1. The van der Waals surface area contributed by atoms with E-state index in [1.165, 1.54) is 0 Å². The van der Waals surface area contributed by atoms with E-state index in [4.69, 9.17) is 5.11 Å². The second kappa shape index (κ2) is 9.46. The number of carbonyl (C=O) groups excluding carboxylic acids is 1. The summed E-state index contributed by atoms with van der Waals surface area (Å²) in [6.45, 7) is 1.02. The fourth-order valence-electron chi connectivity index (χ4n) is 0.123. The number of hydrogen-bond donors (Lipinski definition) is 1. The number of esters is 1. The minimum atomic E-state index is -1.56. The Morgan fingerprint density at radius 1 is 1.33 bits per heavy atom. The molecule has 0 aromatic carbocycles. The zero-order chi connectivity index (χ0) is 5.86. The second-order valence-electron chi connectivity index (χ2n) is 0.860. The van der Waals surface area contributed by atoms with Gasteiger partial charge < -0.3 is 9.84 Å². The van der Waals surface area contributed by atoms with Crippen LogP contribution in [-0.4, -0.2) is 92.7 Å². The molecule has 0 bridgehead atoms. The summed E-state index contributed by atoms with van der Waals surface area (Å²) in [6.07, 6.45) is -1.56. The Balaban J connectivity index is -0.000000180. The van der Waals surface area contributed by atoms with Gasteiger partial charge >= 0.3 is 87.6 Å². The van der Waals surface area contributed by atoms with Gasteiger partial charge in [-0.3, -0.25) is 4.79 Å². The van der Waals surface area contributed by atoms with E-state index in [9.17, 15) is 9.59 Å². The van der Waals surface area contributed by atoms with Gasteiger partial charge in [-0.1, -0.05) is 0 Å². The molecule has 1 N–H and O–H groups in total. The number of carboxylic acid groups (broad SMARTS) is 1. The van der Waals surface area contributed by atoms with E-state index in [-0.39, 0.29) is 75.5 Å². The van der Waals surface area contributed by atoms with Crippen molar-refractivity contribution in [2.45, 2.75) is 6.92 Å². The van der Waals surface area contributed by atoms with Crippen molar-refractivity contribution in [3.63, 3.8) is 0 Å². The van der Waals surface area contributed by atoms with Gasteiger partial charge in [0.05, 0.1) is 0 Å². The van der Waals surface area contributed by atoms with Crippen LogP contribution in [-0.2, 0) is 9.53 Å². The standard InChI is InChI=1S/C3H4O4.2Ca.4H/c1-2(4)7-3(5)6;;;;;;/h1H3,(H,5,6);;;;;;. The van der Waals surface area contributed by atoms with Crippen LogP contribution < -0.4 is 0 Å². The van der Waals surface area contributed by atoms with Crippen LogP contribution in [0.5, 0.6) is 0 Å². The van der Waals surface area contributed by atoms with E-state index in [1.807, 2.05) is 0 Å². The fraction of sp³-hybridized carbons (Fsp3) is 0.333. The summed E-state index contributed by atoms with van der Waals surface area (Å²) >= 11 is 0. The summed E-state index contributed by atoms with van der Waals surface area (Å²) in [5.74, 6) is -0.812. The molecule has 0 radical (unpaired) electrons. The topological polar surface area (TPSA) is 63.6 Å². The molecule has 0 aliphatic carbocycles. The van der Waals surface area contributed by atoms with Crippen molar-refractivity contribution in [3.8, 4) is 0 Å². The van der Waals surface area contributed by atoms with Crippen molar-refractivity contribution in [2.75, 3.05) is 0 Å². The van der Waals surface area contributed by atoms with Crippen LogP contribution >= 0.6 is 0 Å². The van der Waals surface area contributed by atoms with Gasteiger partial charge in [0.15, 0.2) is 0 Å². The third-order valence-corrected chi connectivity index (χ3v) is 0.231. The molecule has 0 amide bonds. The van der Waals surface area contributed by atoms with Crippen LogP contribution in [0, 0.1) is 0 Å². The number of hydrogen-bond acceptors (Lipinski definition) is 3. The van der Waals surface area contributed by atoms with Gasteiger partial charge in [-0.15, -0.1) is 0 Å². The number of carbonyl (C=O) groups is 2. The van der Waals surface area contributed by atoms with Gasteiger partial charge in [-0.25, -0.2) is 4.79 Å². The van der Waals surface area contributed by atoms with Gasteiger partial charge in [0, 0.05) is 6.92 Å². The Kier molecular flexibility index (Phi) is 17.7. The molecule has 0 unspecified atom stereocenters. The van der Waals surface area contributed by atoms with E-state index in [2.05, 4.69) is 4.74 Å². The molecule has 0 spiro atoms. The van der Waals surface area contributed by atoms with Gasteiger partial charge in [-0.2, -0.15) is 0 Å². The molecular formula is C3H8Ca2O4. The molecule has 0 aliphatic rings. The molecule has 0 rings (SSSR count). The molecule has 6 heteroatoms. The molecule has 0 aromatic rings. The first kappa shape index (κ1) is 16.8. The van der Waals surface area contributed by atoms with Gasteiger partial charge in [0.25, 0.3) is 0 Å². The first-order valence-electron chi connectivity index (χ1n) is 1.54. The minimum absolute atomic E-state index is 0. The SMILES string of the molecule is CC(=O)OC(=O)O.[CaH2].[CaH2]. The Morgan fingerprint density at radius 2 is 1.67 bits per heavy atom. The van der Waals surface area contributed by atoms with Crippen LogP contribution in [0.25, 0.3) is 0 Å². The van der Waals surface area contributed by atoms with Crippen molar-refractivity contribution < 1.29 is 19.4 Å². The third-order valence-electron chi connectivity index (χ3n) is 0.231. The first-order valence-corrected chi connectivity index (χ1v) is 1.54. The van der Waals surface area contributed by atoms with Crippen molar-refractivity contribution in [1.82, 2.24) is 0 Å². The van der Waals surface area contributed by atoms with E-state index in [0.717, 1.165) is 6.92 Å². The average molecular weight is 188 g/mol. The summed E-state index contributed by atoms with van der Waals surface area (Å²) in [4.78, 5) is 19.0. The maximum absolute atomic E-state index is 9.65. The second-order valence-corrected chi connectivity index (χ2v) is 0.860. The van der Waals surface area contributed by atoms with E-state index in [0.29, 0.717) is 0 Å². The molecule has 0 saturated carbocycles. The average Bonchev–Trinajstić information content (AvgIpc) is 1.27. The molecule has 4 nitrogen and oxygen atoms in total. The maximum atomic E-state index is 9.65. The quantitative estimate of drug-likeness (QED) is 0.282. The monoisotopic (exact) mass is 188 g/mol. The van der Waals surface area contributed by atoms with Gasteiger partial charge in [-0.05, 0) is 0 Å². The first-order chi connectivity index (χ1) is 3.13. The van der Waals surface area contributed by atoms with E-state index < -0.39 is 12.1 Å². The van der Waals surface area contributed by atoms with Gasteiger partial charge in [0.2, 0.25) is 0 Å². The van der Waals surface area contributed by atoms with Crippen molar-refractivity contribution >= 4 is 87.6 Å². The predicted octanol–water partition coefficient (Wildman–Crippen LogP) is -1.60. The number of rotatable bonds is 0. The van der Waals surface area contributed by atoms with Crippen molar-refractivity contribution in [2.24, 2.45) is 0 Å². The van der Waals surface area contributed by atoms with E-state index in [1.54, 1.807) is 0 Å². The van der Waals surface area contributed by atoms with Crippen LogP contribution in [0.1, 0.15) is 6.92 Å². The predicted molar refractivity (Wildman–Crippen MR) is 36.9 cm³/mol. The Labute approximate surface area is 112 Å². The zero-order valence-electron chi connectivity index (χ0n) is 3.67. The Hall–Kier alpha value is 1.46. The molecule has 9 heavy (non-hydrogen) atoms. The van der Waals surface area contributed by atoms with Crippen LogP contribution in [0.4, 0.5) is 4.79 Å². The van der Waals surface area contributed by atoms with Crippen LogP contribution in [0.15, 0.2) is 0 Å². The van der Waals surface area contributed by atoms with Crippen LogP contribution in [0.3, 0.4) is 0 Å². The Bertz CT molecular complexity index is 90.0. The summed E-state index contributed by atoms with van der Waals surface area (Å²) in [5.41, 5.74) is 0. The molecular weight excluding hydrogens is 180 g/mol. The molecule has 0 aliphatic heterocycles.